The molecule has 0 aliphatic rings. The van der Waals surface area contributed by atoms with Crippen LogP contribution in [-0.2, 0) is 0 Å². The van der Waals surface area contributed by atoms with E-state index in [1.807, 2.05) is 4.08 Å². The van der Waals surface area contributed by atoms with Crippen LogP contribution in [0.2, 0.25) is 19.6 Å². The quantitative estimate of drug-likeness (QED) is 0.442. The highest BCUT2D eigenvalue weighted by Crippen LogP contribution is 2.23. The van der Waals surface area contributed by atoms with E-state index in [4.69, 9.17) is 11.8 Å². The van der Waals surface area contributed by atoms with Gasteiger partial charge in [0.15, 0.2) is 0 Å². The number of halogens is 1. The summed E-state index contributed by atoms with van der Waals surface area (Å²) in [5.74, 6) is 0. The Kier molecular flexibility index (Phi) is 2.97. The SMILES string of the molecule is CC(C)(C)N(Cl)[Si](C)(C)C. The molecule has 3 heteroatoms. The third kappa shape index (κ3) is 3.04. The lowest BCUT2D eigenvalue weighted by molar-refractivity contribution is 0.370. The van der Waals surface area contributed by atoms with Gasteiger partial charge in [-0.3, -0.25) is 0 Å². The molecule has 0 aromatic carbocycles. The largest absolute Gasteiger partial charge is 0.237 e. The van der Waals surface area contributed by atoms with Crippen molar-refractivity contribution in [1.82, 2.24) is 4.08 Å². The molecular weight excluding hydrogens is 162 g/mol. The second-order valence-corrected chi connectivity index (χ2v) is 10.0. The van der Waals surface area contributed by atoms with E-state index >= 15 is 0 Å². The summed E-state index contributed by atoms with van der Waals surface area (Å²) < 4.78 is 1.99. The predicted octanol–water partition coefficient (Wildman–Crippen LogP) is 3.08. The zero-order valence-electron chi connectivity index (χ0n) is 7.83. The third-order valence-electron chi connectivity index (χ3n) is 1.18. The van der Waals surface area contributed by atoms with E-state index in [-0.39, 0.29) is 5.54 Å². The molecule has 0 amide bonds. The highest BCUT2D eigenvalue weighted by atomic mass is 35.5. The van der Waals surface area contributed by atoms with Crippen molar-refractivity contribution in [3.63, 3.8) is 0 Å². The number of hydrogen-bond acceptors (Lipinski definition) is 1. The lowest BCUT2D eigenvalue weighted by Gasteiger charge is -2.38. The molecule has 0 spiro atoms. The molecular formula is C7H18ClNSi. The summed E-state index contributed by atoms with van der Waals surface area (Å²) in [6.07, 6.45) is 0. The van der Waals surface area contributed by atoms with Crippen LogP contribution in [0.5, 0.6) is 0 Å². The van der Waals surface area contributed by atoms with Gasteiger partial charge in [-0.15, -0.1) is 0 Å². The molecule has 0 fully saturated rings. The molecule has 0 aromatic rings. The molecule has 0 heterocycles. The van der Waals surface area contributed by atoms with Crippen LogP contribution in [-0.4, -0.2) is 17.9 Å². The molecule has 0 atom stereocenters. The van der Waals surface area contributed by atoms with Crippen LogP contribution in [0.25, 0.3) is 0 Å². The average Bonchev–Trinajstić information content (AvgIpc) is 1.59. The zero-order valence-corrected chi connectivity index (χ0v) is 9.58. The summed E-state index contributed by atoms with van der Waals surface area (Å²) in [5.41, 5.74) is 0.103. The summed E-state index contributed by atoms with van der Waals surface area (Å²) >= 11 is 6.13. The van der Waals surface area contributed by atoms with Crippen LogP contribution in [0.4, 0.5) is 0 Å². The first-order valence-corrected chi connectivity index (χ1v) is 7.40. The maximum atomic E-state index is 6.13. The van der Waals surface area contributed by atoms with E-state index in [0.717, 1.165) is 0 Å². The van der Waals surface area contributed by atoms with Crippen molar-refractivity contribution in [2.24, 2.45) is 0 Å². The molecule has 0 saturated carbocycles. The summed E-state index contributed by atoms with van der Waals surface area (Å²) in [6, 6.07) is 0. The minimum atomic E-state index is -1.30. The Bertz CT molecular complexity index is 97.8. The van der Waals surface area contributed by atoms with Crippen LogP contribution in [0.15, 0.2) is 0 Å². The molecule has 0 radical (unpaired) electrons. The zero-order chi connectivity index (χ0) is 8.58. The van der Waals surface area contributed by atoms with E-state index in [0.29, 0.717) is 0 Å². The maximum absolute atomic E-state index is 6.13. The molecule has 0 bridgehead atoms. The summed E-state index contributed by atoms with van der Waals surface area (Å²) in [6.45, 7) is 13.1. The van der Waals surface area contributed by atoms with Crippen molar-refractivity contribution < 1.29 is 0 Å². The van der Waals surface area contributed by atoms with Crippen molar-refractivity contribution >= 4 is 20.0 Å². The smallest absolute Gasteiger partial charge is 0.138 e. The normalized spacial score (nSPS) is 14.4. The Labute approximate surface area is 70.6 Å². The van der Waals surface area contributed by atoms with Crippen molar-refractivity contribution in [3.05, 3.63) is 0 Å². The molecule has 10 heavy (non-hydrogen) atoms. The number of rotatable bonds is 1. The highest BCUT2D eigenvalue weighted by molar-refractivity contribution is 6.77. The first-order valence-electron chi connectivity index (χ1n) is 3.62. The van der Waals surface area contributed by atoms with Gasteiger partial charge in [-0.25, -0.2) is 4.08 Å². The van der Waals surface area contributed by atoms with Gasteiger partial charge in [0.2, 0.25) is 0 Å². The van der Waals surface area contributed by atoms with E-state index < -0.39 is 8.24 Å². The van der Waals surface area contributed by atoms with Gasteiger partial charge in [0.05, 0.1) is 0 Å². The third-order valence-corrected chi connectivity index (χ3v) is 5.06. The Morgan fingerprint density at radius 2 is 1.40 bits per heavy atom. The fourth-order valence-corrected chi connectivity index (χ4v) is 3.02. The van der Waals surface area contributed by atoms with E-state index in [1.165, 1.54) is 0 Å². The summed E-state index contributed by atoms with van der Waals surface area (Å²) in [4.78, 5) is 0. The molecule has 0 aliphatic heterocycles. The first kappa shape index (κ1) is 10.5. The predicted molar refractivity (Wildman–Crippen MR) is 50.8 cm³/mol. The van der Waals surface area contributed by atoms with Gasteiger partial charge in [-0.05, 0) is 32.5 Å². The summed E-state index contributed by atoms with van der Waals surface area (Å²) in [7, 11) is -1.30. The monoisotopic (exact) mass is 179 g/mol. The second kappa shape index (κ2) is 2.84. The number of hydrogen-bond donors (Lipinski definition) is 0. The Morgan fingerprint density at radius 1 is 1.10 bits per heavy atom. The first-order chi connectivity index (χ1) is 4.15. The minimum Gasteiger partial charge on any atom is -0.237 e. The lowest BCUT2D eigenvalue weighted by atomic mass is 10.1. The van der Waals surface area contributed by atoms with Crippen LogP contribution < -0.4 is 0 Å². The molecule has 0 rings (SSSR count). The Hall–Kier alpha value is 0.467. The maximum Gasteiger partial charge on any atom is 0.138 e. The van der Waals surface area contributed by atoms with Gasteiger partial charge < -0.3 is 0 Å². The van der Waals surface area contributed by atoms with Gasteiger partial charge in [0.1, 0.15) is 8.24 Å². The molecule has 0 saturated heterocycles. The van der Waals surface area contributed by atoms with Crippen molar-refractivity contribution in [2.45, 2.75) is 46.0 Å². The second-order valence-electron chi connectivity index (χ2n) is 4.62. The van der Waals surface area contributed by atoms with Crippen LogP contribution >= 0.6 is 11.8 Å². The topological polar surface area (TPSA) is 3.24 Å². The van der Waals surface area contributed by atoms with Gasteiger partial charge in [-0.1, -0.05) is 19.6 Å². The van der Waals surface area contributed by atoms with Crippen LogP contribution in [0, 0.1) is 0 Å². The highest BCUT2D eigenvalue weighted by Gasteiger charge is 2.31. The molecule has 0 aliphatic carbocycles. The van der Waals surface area contributed by atoms with Gasteiger partial charge in [-0.2, -0.15) is 0 Å². The van der Waals surface area contributed by atoms with E-state index in [2.05, 4.69) is 40.4 Å². The van der Waals surface area contributed by atoms with E-state index in [1.54, 1.807) is 0 Å². The fraction of sp³-hybridized carbons (Fsp3) is 1.00. The average molecular weight is 180 g/mol. The number of nitrogens with zero attached hydrogens (tertiary/aromatic N) is 1. The standard InChI is InChI=1S/C7H18ClNSi/c1-7(2,3)9(8)10(4,5)6/h1-6H3. The van der Waals surface area contributed by atoms with Crippen LogP contribution in [0.3, 0.4) is 0 Å². The molecule has 1 nitrogen and oxygen atoms in total. The minimum absolute atomic E-state index is 0.103. The van der Waals surface area contributed by atoms with Crippen molar-refractivity contribution in [2.75, 3.05) is 0 Å². The van der Waals surface area contributed by atoms with Gasteiger partial charge in [0.25, 0.3) is 0 Å². The molecule has 62 valence electrons. The van der Waals surface area contributed by atoms with Gasteiger partial charge in [0, 0.05) is 5.54 Å². The van der Waals surface area contributed by atoms with Crippen LogP contribution in [0.1, 0.15) is 20.8 Å². The Morgan fingerprint density at radius 3 is 1.40 bits per heavy atom. The summed E-state index contributed by atoms with van der Waals surface area (Å²) in [5, 5.41) is 0. The fourth-order valence-electron chi connectivity index (χ4n) is 1.01. The van der Waals surface area contributed by atoms with Crippen molar-refractivity contribution in [1.29, 1.82) is 0 Å². The van der Waals surface area contributed by atoms with Gasteiger partial charge >= 0.3 is 0 Å². The molecule has 0 aromatic heterocycles. The Balaban J connectivity index is 4.23. The lowest BCUT2D eigenvalue weighted by Crippen LogP contribution is -2.49. The van der Waals surface area contributed by atoms with E-state index in [9.17, 15) is 0 Å². The van der Waals surface area contributed by atoms with Crippen molar-refractivity contribution in [3.8, 4) is 0 Å². The molecule has 0 N–H and O–H groups in total. The molecule has 0 unspecified atom stereocenters.